The first-order valence-electron chi connectivity index (χ1n) is 6.24. The van der Waals surface area contributed by atoms with Crippen LogP contribution in [0.15, 0.2) is 24.3 Å². The summed E-state index contributed by atoms with van der Waals surface area (Å²) in [4.78, 5) is 14.1. The van der Waals surface area contributed by atoms with Gasteiger partial charge >= 0.3 is 0 Å². The largest absolute Gasteiger partial charge is 0.320 e. The van der Waals surface area contributed by atoms with Crippen molar-refractivity contribution in [3.05, 3.63) is 29.8 Å². The molecule has 0 spiro atoms. The highest BCUT2D eigenvalue weighted by Gasteiger charge is 2.28. The molecule has 1 aliphatic heterocycles. The van der Waals surface area contributed by atoms with E-state index in [2.05, 4.69) is 19.9 Å². The summed E-state index contributed by atoms with van der Waals surface area (Å²) in [5.41, 5.74) is 8.25. The molecule has 92 valence electrons. The van der Waals surface area contributed by atoms with Crippen LogP contribution in [-0.2, 0) is 11.2 Å². The van der Waals surface area contributed by atoms with E-state index in [4.69, 9.17) is 5.73 Å². The molecule has 2 rings (SSSR count). The molecule has 1 aromatic rings. The molecule has 0 saturated carbocycles. The van der Waals surface area contributed by atoms with Crippen LogP contribution in [0.1, 0.15) is 25.8 Å². The maximum absolute atomic E-state index is 12.2. The van der Waals surface area contributed by atoms with Gasteiger partial charge in [-0.3, -0.25) is 4.79 Å². The predicted octanol–water partition coefficient (Wildman–Crippen LogP) is 1.95. The fourth-order valence-corrected chi connectivity index (χ4v) is 2.38. The molecule has 1 heterocycles. The number of anilines is 1. The Morgan fingerprint density at radius 1 is 1.41 bits per heavy atom. The summed E-state index contributed by atoms with van der Waals surface area (Å²) in [6.07, 6.45) is 1.69. The fraction of sp³-hybridized carbons (Fsp3) is 0.500. The van der Waals surface area contributed by atoms with Crippen molar-refractivity contribution in [1.29, 1.82) is 0 Å². The van der Waals surface area contributed by atoms with E-state index < -0.39 is 0 Å². The molecule has 0 aliphatic carbocycles. The minimum atomic E-state index is -0.374. The van der Waals surface area contributed by atoms with E-state index in [9.17, 15) is 4.79 Å². The number of carbonyl (C=O) groups excluding carboxylic acids is 1. The van der Waals surface area contributed by atoms with Crippen LogP contribution in [0.2, 0.25) is 0 Å². The number of nitrogens with two attached hydrogens (primary N) is 1. The summed E-state index contributed by atoms with van der Waals surface area (Å²) in [7, 11) is 0. The SMILES string of the molecule is CC(C)C[C@H](N)C(=O)N1CCc2ccccc21. The van der Waals surface area contributed by atoms with E-state index in [1.165, 1.54) is 5.56 Å². The number of nitrogens with zero attached hydrogens (tertiary/aromatic N) is 1. The molecule has 0 aromatic heterocycles. The lowest BCUT2D eigenvalue weighted by Crippen LogP contribution is -2.43. The van der Waals surface area contributed by atoms with Crippen LogP contribution in [0.25, 0.3) is 0 Å². The van der Waals surface area contributed by atoms with Gasteiger partial charge in [0.1, 0.15) is 0 Å². The molecule has 1 amide bonds. The Hall–Kier alpha value is -1.35. The van der Waals surface area contributed by atoms with Crippen molar-refractivity contribution in [1.82, 2.24) is 0 Å². The summed E-state index contributed by atoms with van der Waals surface area (Å²) in [6, 6.07) is 7.69. The number of para-hydroxylation sites is 1. The minimum absolute atomic E-state index is 0.0589. The second kappa shape index (κ2) is 4.88. The van der Waals surface area contributed by atoms with Crippen LogP contribution in [0.3, 0.4) is 0 Å². The second-order valence-corrected chi connectivity index (χ2v) is 5.10. The molecule has 0 saturated heterocycles. The quantitative estimate of drug-likeness (QED) is 0.865. The Morgan fingerprint density at radius 2 is 2.12 bits per heavy atom. The Morgan fingerprint density at radius 3 is 2.82 bits per heavy atom. The highest BCUT2D eigenvalue weighted by atomic mass is 16.2. The highest BCUT2D eigenvalue weighted by molar-refractivity contribution is 5.98. The third-order valence-corrected chi connectivity index (χ3v) is 3.20. The van der Waals surface area contributed by atoms with Gasteiger partial charge in [0.2, 0.25) is 5.91 Å². The van der Waals surface area contributed by atoms with Gasteiger partial charge in [-0.25, -0.2) is 0 Å². The number of hydrogen-bond acceptors (Lipinski definition) is 2. The zero-order valence-corrected chi connectivity index (χ0v) is 10.5. The first-order valence-corrected chi connectivity index (χ1v) is 6.24. The van der Waals surface area contributed by atoms with E-state index in [0.717, 1.165) is 25.1 Å². The van der Waals surface area contributed by atoms with E-state index in [0.29, 0.717) is 5.92 Å². The number of hydrogen-bond donors (Lipinski definition) is 1. The Bertz CT molecular complexity index is 414. The molecule has 0 unspecified atom stereocenters. The number of amides is 1. The van der Waals surface area contributed by atoms with Crippen LogP contribution in [0.4, 0.5) is 5.69 Å². The van der Waals surface area contributed by atoms with Gasteiger partial charge in [-0.1, -0.05) is 32.0 Å². The Kier molecular flexibility index (Phi) is 3.48. The number of benzene rings is 1. The van der Waals surface area contributed by atoms with Gasteiger partial charge in [0.25, 0.3) is 0 Å². The van der Waals surface area contributed by atoms with Gasteiger partial charge in [0.15, 0.2) is 0 Å². The van der Waals surface area contributed by atoms with Crippen LogP contribution in [-0.4, -0.2) is 18.5 Å². The summed E-state index contributed by atoms with van der Waals surface area (Å²) < 4.78 is 0. The lowest BCUT2D eigenvalue weighted by Gasteiger charge is -2.22. The molecule has 0 bridgehead atoms. The average molecular weight is 232 g/mol. The van der Waals surface area contributed by atoms with Crippen LogP contribution in [0, 0.1) is 5.92 Å². The number of fused-ring (bicyclic) bond motifs is 1. The maximum Gasteiger partial charge on any atom is 0.243 e. The molecule has 2 N–H and O–H groups in total. The summed E-state index contributed by atoms with van der Waals surface area (Å²) in [6.45, 7) is 4.94. The minimum Gasteiger partial charge on any atom is -0.320 e. The molecular formula is C14H20N2O. The van der Waals surface area contributed by atoms with E-state index in [1.54, 1.807) is 0 Å². The van der Waals surface area contributed by atoms with Gasteiger partial charge in [-0.15, -0.1) is 0 Å². The maximum atomic E-state index is 12.2. The van der Waals surface area contributed by atoms with Gasteiger partial charge in [0, 0.05) is 12.2 Å². The average Bonchev–Trinajstić information content (AvgIpc) is 2.70. The normalized spacial score (nSPS) is 16.1. The zero-order valence-electron chi connectivity index (χ0n) is 10.5. The summed E-state index contributed by atoms with van der Waals surface area (Å²) in [5, 5.41) is 0. The van der Waals surface area contributed by atoms with Crippen molar-refractivity contribution in [2.45, 2.75) is 32.7 Å². The smallest absolute Gasteiger partial charge is 0.243 e. The standard InChI is InChI=1S/C14H20N2O/c1-10(2)9-12(15)14(17)16-8-7-11-5-3-4-6-13(11)16/h3-6,10,12H,7-9,15H2,1-2H3/t12-/m0/s1. The molecule has 0 fully saturated rings. The summed E-state index contributed by atoms with van der Waals surface area (Å²) >= 11 is 0. The predicted molar refractivity (Wildman–Crippen MR) is 69.9 cm³/mol. The summed E-state index contributed by atoms with van der Waals surface area (Å²) in [5.74, 6) is 0.510. The number of carbonyl (C=O) groups is 1. The van der Waals surface area contributed by atoms with Crippen molar-refractivity contribution in [2.24, 2.45) is 11.7 Å². The fourth-order valence-electron chi connectivity index (χ4n) is 2.38. The first-order chi connectivity index (χ1) is 8.09. The molecule has 1 aromatic carbocycles. The third-order valence-electron chi connectivity index (χ3n) is 3.20. The van der Waals surface area contributed by atoms with Gasteiger partial charge < -0.3 is 10.6 Å². The second-order valence-electron chi connectivity index (χ2n) is 5.10. The zero-order chi connectivity index (χ0) is 12.4. The van der Waals surface area contributed by atoms with Crippen LogP contribution in [0.5, 0.6) is 0 Å². The molecule has 3 nitrogen and oxygen atoms in total. The van der Waals surface area contributed by atoms with Gasteiger partial charge in [-0.2, -0.15) is 0 Å². The lowest BCUT2D eigenvalue weighted by molar-refractivity contribution is -0.120. The topological polar surface area (TPSA) is 46.3 Å². The Balaban J connectivity index is 2.12. The third kappa shape index (κ3) is 2.50. The Labute approximate surface area is 103 Å². The van der Waals surface area contributed by atoms with Gasteiger partial charge in [-0.05, 0) is 30.4 Å². The van der Waals surface area contributed by atoms with Gasteiger partial charge in [0.05, 0.1) is 6.04 Å². The lowest BCUT2D eigenvalue weighted by atomic mass is 10.0. The van der Waals surface area contributed by atoms with Crippen molar-refractivity contribution < 1.29 is 4.79 Å². The molecule has 3 heteroatoms. The monoisotopic (exact) mass is 232 g/mol. The van der Waals surface area contributed by atoms with Crippen LogP contribution >= 0.6 is 0 Å². The van der Waals surface area contributed by atoms with E-state index in [1.807, 2.05) is 23.1 Å². The van der Waals surface area contributed by atoms with E-state index >= 15 is 0 Å². The highest BCUT2D eigenvalue weighted by Crippen LogP contribution is 2.28. The van der Waals surface area contributed by atoms with Crippen molar-refractivity contribution in [3.63, 3.8) is 0 Å². The number of rotatable bonds is 3. The van der Waals surface area contributed by atoms with Crippen molar-refractivity contribution >= 4 is 11.6 Å². The van der Waals surface area contributed by atoms with Crippen LogP contribution < -0.4 is 10.6 Å². The molecule has 17 heavy (non-hydrogen) atoms. The van der Waals surface area contributed by atoms with Crippen molar-refractivity contribution in [2.75, 3.05) is 11.4 Å². The molecule has 0 radical (unpaired) electrons. The van der Waals surface area contributed by atoms with Crippen molar-refractivity contribution in [3.8, 4) is 0 Å². The first kappa shape index (κ1) is 12.1. The molecule has 1 atom stereocenters. The molecule has 1 aliphatic rings. The van der Waals surface area contributed by atoms with E-state index in [-0.39, 0.29) is 11.9 Å². The molecular weight excluding hydrogens is 212 g/mol.